The molecule has 0 aromatic rings. The molecule has 2 rings (SSSR count). The minimum absolute atomic E-state index is 0.546. The first-order chi connectivity index (χ1) is 5.38. The van der Waals surface area contributed by atoms with Gasteiger partial charge in [0.15, 0.2) is 0 Å². The van der Waals surface area contributed by atoms with E-state index in [0.29, 0.717) is 6.04 Å². The van der Waals surface area contributed by atoms with E-state index in [0.717, 1.165) is 11.8 Å². The van der Waals surface area contributed by atoms with Gasteiger partial charge >= 0.3 is 0 Å². The Morgan fingerprint density at radius 3 is 2.27 bits per heavy atom. The summed E-state index contributed by atoms with van der Waals surface area (Å²) in [5.41, 5.74) is 6.12. The largest absolute Gasteiger partial charge is 0.327 e. The van der Waals surface area contributed by atoms with Crippen LogP contribution in [0.4, 0.5) is 0 Å². The van der Waals surface area contributed by atoms with E-state index in [1.807, 2.05) is 0 Å². The Kier molecular flexibility index (Phi) is 2.17. The predicted octanol–water partition coefficient (Wildman–Crippen LogP) is 2.30. The Bertz CT molecular complexity index is 129. The van der Waals surface area contributed by atoms with E-state index in [4.69, 9.17) is 5.73 Å². The van der Waals surface area contributed by atoms with Gasteiger partial charge in [0.2, 0.25) is 0 Å². The van der Waals surface area contributed by atoms with E-state index < -0.39 is 0 Å². The van der Waals surface area contributed by atoms with Gasteiger partial charge in [0.05, 0.1) is 0 Å². The Labute approximate surface area is 69.4 Å². The van der Waals surface area contributed by atoms with Crippen LogP contribution >= 0.6 is 0 Å². The summed E-state index contributed by atoms with van der Waals surface area (Å²) in [5, 5.41) is 0. The molecular weight excluding hydrogens is 134 g/mol. The van der Waals surface area contributed by atoms with Crippen molar-refractivity contribution in [1.82, 2.24) is 0 Å². The van der Waals surface area contributed by atoms with Crippen molar-refractivity contribution < 1.29 is 0 Å². The molecule has 2 atom stereocenters. The minimum Gasteiger partial charge on any atom is -0.327 e. The van der Waals surface area contributed by atoms with Crippen LogP contribution in [0.3, 0.4) is 0 Å². The molecule has 64 valence electrons. The third-order valence-electron chi connectivity index (χ3n) is 3.35. The highest BCUT2D eigenvalue weighted by atomic mass is 14.7. The smallest absolute Gasteiger partial charge is 0.00698 e. The monoisotopic (exact) mass is 153 g/mol. The van der Waals surface area contributed by atoms with E-state index in [-0.39, 0.29) is 0 Å². The van der Waals surface area contributed by atoms with Gasteiger partial charge in [-0.25, -0.2) is 0 Å². The van der Waals surface area contributed by atoms with Crippen LogP contribution in [-0.4, -0.2) is 6.04 Å². The number of hydrogen-bond donors (Lipinski definition) is 1. The maximum absolute atomic E-state index is 6.12. The Hall–Kier alpha value is -0.0400. The molecule has 2 aliphatic rings. The molecule has 0 aromatic carbocycles. The quantitative estimate of drug-likeness (QED) is 0.575. The number of rotatable bonds is 1. The first kappa shape index (κ1) is 7.60. The first-order valence-corrected chi connectivity index (χ1v) is 5.13. The highest BCUT2D eigenvalue weighted by Crippen LogP contribution is 2.42. The molecule has 2 unspecified atom stereocenters. The molecule has 0 radical (unpaired) electrons. The fraction of sp³-hybridized carbons (Fsp3) is 1.00. The maximum Gasteiger partial charge on any atom is 0.00698 e. The lowest BCUT2D eigenvalue weighted by Crippen LogP contribution is -2.30. The Morgan fingerprint density at radius 1 is 0.818 bits per heavy atom. The summed E-state index contributed by atoms with van der Waals surface area (Å²) in [5.74, 6) is 1.93. The van der Waals surface area contributed by atoms with Gasteiger partial charge in [-0.15, -0.1) is 0 Å². The number of hydrogen-bond acceptors (Lipinski definition) is 1. The van der Waals surface area contributed by atoms with Crippen molar-refractivity contribution in [3.8, 4) is 0 Å². The molecule has 0 amide bonds. The van der Waals surface area contributed by atoms with Crippen LogP contribution in [0.15, 0.2) is 0 Å². The molecule has 0 saturated heterocycles. The van der Waals surface area contributed by atoms with Crippen LogP contribution in [0, 0.1) is 11.8 Å². The molecule has 2 saturated carbocycles. The van der Waals surface area contributed by atoms with E-state index in [1.165, 1.54) is 44.9 Å². The van der Waals surface area contributed by atoms with Crippen molar-refractivity contribution in [2.24, 2.45) is 17.6 Å². The molecule has 0 bridgehead atoms. The average Bonchev–Trinajstić information content (AvgIpc) is 2.74. The van der Waals surface area contributed by atoms with Crippen molar-refractivity contribution in [2.75, 3.05) is 0 Å². The summed E-state index contributed by atoms with van der Waals surface area (Å²) in [7, 11) is 0. The van der Waals surface area contributed by atoms with Crippen LogP contribution < -0.4 is 5.73 Å². The van der Waals surface area contributed by atoms with Crippen molar-refractivity contribution >= 4 is 0 Å². The first-order valence-electron chi connectivity index (χ1n) is 5.13. The van der Waals surface area contributed by atoms with Crippen LogP contribution in [0.25, 0.3) is 0 Å². The van der Waals surface area contributed by atoms with Gasteiger partial charge in [-0.2, -0.15) is 0 Å². The lowest BCUT2D eigenvalue weighted by atomic mass is 9.91. The van der Waals surface area contributed by atoms with Gasteiger partial charge in [-0.1, -0.05) is 19.3 Å². The normalized spacial score (nSPS) is 40.1. The van der Waals surface area contributed by atoms with Crippen molar-refractivity contribution in [3.63, 3.8) is 0 Å². The van der Waals surface area contributed by atoms with E-state index in [9.17, 15) is 0 Å². The zero-order chi connectivity index (χ0) is 7.68. The SMILES string of the molecule is NC1CCCCCC1C1CC1. The standard InChI is InChI=1S/C10H19N/c11-10-5-3-1-2-4-9(10)8-6-7-8/h8-10H,1-7,11H2. The highest BCUT2D eigenvalue weighted by molar-refractivity contribution is 4.88. The van der Waals surface area contributed by atoms with Crippen LogP contribution in [0.5, 0.6) is 0 Å². The molecule has 0 aromatic heterocycles. The lowest BCUT2D eigenvalue weighted by Gasteiger charge is -2.20. The Balaban J connectivity index is 1.91. The summed E-state index contributed by atoms with van der Waals surface area (Å²) in [6, 6.07) is 0.546. The van der Waals surface area contributed by atoms with Crippen molar-refractivity contribution in [3.05, 3.63) is 0 Å². The zero-order valence-electron chi connectivity index (χ0n) is 7.26. The van der Waals surface area contributed by atoms with Gasteiger partial charge in [0, 0.05) is 6.04 Å². The summed E-state index contributed by atoms with van der Waals surface area (Å²) in [6.07, 6.45) is 9.90. The van der Waals surface area contributed by atoms with E-state index >= 15 is 0 Å². The average molecular weight is 153 g/mol. The highest BCUT2D eigenvalue weighted by Gasteiger charge is 2.34. The fourth-order valence-electron chi connectivity index (χ4n) is 2.47. The second kappa shape index (κ2) is 3.14. The van der Waals surface area contributed by atoms with Gasteiger partial charge in [-0.05, 0) is 37.5 Å². The molecular formula is C10H19N. The van der Waals surface area contributed by atoms with Gasteiger partial charge in [0.25, 0.3) is 0 Å². The molecule has 2 N–H and O–H groups in total. The number of nitrogens with two attached hydrogens (primary N) is 1. The zero-order valence-corrected chi connectivity index (χ0v) is 7.26. The van der Waals surface area contributed by atoms with Gasteiger partial charge in [-0.3, -0.25) is 0 Å². The van der Waals surface area contributed by atoms with E-state index in [1.54, 1.807) is 0 Å². The van der Waals surface area contributed by atoms with Crippen LogP contribution in [0.1, 0.15) is 44.9 Å². The van der Waals surface area contributed by atoms with Crippen molar-refractivity contribution in [1.29, 1.82) is 0 Å². The molecule has 1 nitrogen and oxygen atoms in total. The molecule has 1 heteroatoms. The molecule has 0 aliphatic heterocycles. The maximum atomic E-state index is 6.12. The molecule has 0 spiro atoms. The summed E-state index contributed by atoms with van der Waals surface area (Å²) < 4.78 is 0. The molecule has 0 heterocycles. The third kappa shape index (κ3) is 1.76. The summed E-state index contributed by atoms with van der Waals surface area (Å²) >= 11 is 0. The molecule has 11 heavy (non-hydrogen) atoms. The summed E-state index contributed by atoms with van der Waals surface area (Å²) in [6.45, 7) is 0. The summed E-state index contributed by atoms with van der Waals surface area (Å²) in [4.78, 5) is 0. The van der Waals surface area contributed by atoms with E-state index in [2.05, 4.69) is 0 Å². The van der Waals surface area contributed by atoms with Gasteiger partial charge in [0.1, 0.15) is 0 Å². The second-order valence-electron chi connectivity index (χ2n) is 4.30. The third-order valence-corrected chi connectivity index (χ3v) is 3.35. The second-order valence-corrected chi connectivity index (χ2v) is 4.30. The topological polar surface area (TPSA) is 26.0 Å². The Morgan fingerprint density at radius 2 is 1.55 bits per heavy atom. The fourth-order valence-corrected chi connectivity index (χ4v) is 2.47. The van der Waals surface area contributed by atoms with Crippen molar-refractivity contribution in [2.45, 2.75) is 51.0 Å². The van der Waals surface area contributed by atoms with Gasteiger partial charge < -0.3 is 5.73 Å². The van der Waals surface area contributed by atoms with Crippen LogP contribution in [0.2, 0.25) is 0 Å². The molecule has 2 fully saturated rings. The minimum atomic E-state index is 0.546. The predicted molar refractivity (Wildman–Crippen MR) is 47.3 cm³/mol. The lowest BCUT2D eigenvalue weighted by molar-refractivity contribution is 0.353. The molecule has 2 aliphatic carbocycles. The van der Waals surface area contributed by atoms with Crippen LogP contribution in [-0.2, 0) is 0 Å².